The zero-order valence-corrected chi connectivity index (χ0v) is 30.7. The van der Waals surface area contributed by atoms with Crippen molar-refractivity contribution in [3.8, 4) is 0 Å². The first kappa shape index (κ1) is 36.9. The van der Waals surface area contributed by atoms with Crippen LogP contribution in [0.25, 0.3) is 34.2 Å². The summed E-state index contributed by atoms with van der Waals surface area (Å²) in [6, 6.07) is 27.6. The Morgan fingerprint density at radius 3 is 2.23 bits per heavy atom. The van der Waals surface area contributed by atoms with Gasteiger partial charge < -0.3 is 4.90 Å². The highest BCUT2D eigenvalue weighted by Gasteiger charge is 2.51. The maximum Gasteiger partial charge on any atom is 0.516 e. The van der Waals surface area contributed by atoms with Crippen LogP contribution >= 0.6 is 0 Å². The molecule has 2 aliphatic rings. The van der Waals surface area contributed by atoms with Crippen molar-refractivity contribution in [3.05, 3.63) is 143 Å². The number of hydrogen-bond donors (Lipinski definition) is 0. The van der Waals surface area contributed by atoms with Crippen LogP contribution < -0.4 is 9.47 Å². The average Bonchev–Trinajstić information content (AvgIpc) is 3.45. The van der Waals surface area contributed by atoms with Crippen molar-refractivity contribution in [2.75, 3.05) is 18.5 Å². The number of anilines is 1. The molecule has 1 aliphatic heterocycles. The Bertz CT molecular complexity index is 2210. The smallest absolute Gasteiger partial charge is 0.341 e. The molecule has 0 N–H and O–H groups in total. The molecule has 3 aromatic carbocycles. The lowest BCUT2D eigenvalue weighted by molar-refractivity contribution is -0.673. The molecule has 0 atom stereocenters. The molecule has 0 bridgehead atoms. The van der Waals surface area contributed by atoms with Gasteiger partial charge in [0.05, 0.1) is 5.70 Å². The third kappa shape index (κ3) is 7.37. The summed E-state index contributed by atoms with van der Waals surface area (Å²) in [6.45, 7) is 5.84. The van der Waals surface area contributed by atoms with Gasteiger partial charge in [-0.3, -0.25) is 4.31 Å². The van der Waals surface area contributed by atoms with Crippen molar-refractivity contribution in [1.82, 2.24) is 4.31 Å². The summed E-state index contributed by atoms with van der Waals surface area (Å²) >= 11 is 0. The lowest BCUT2D eigenvalue weighted by Gasteiger charge is -2.30. The molecule has 9 heteroatoms. The second kappa shape index (κ2) is 15.8. The second-order valence-corrected chi connectivity index (χ2v) is 15.1. The molecule has 0 spiro atoms. The standard InChI is InChI=1S/C43H45F3N3O2S/c1-4-6-14-30-48-34(24-22-32-16-8-12-20-40(32)48)26-28-38-36-18-10-11-19-37(36)39(42(38)47(3)52(50,51)43(44,45)46)29-27-35-25-23-33-17-9-13-21-41(33)49(35)31-15-7-5-2/h8-13,16-29H,4-7,14-15,30-31H2,1-3H3/q+1. The molecule has 5 nitrogen and oxygen atoms in total. The minimum atomic E-state index is -5.74. The summed E-state index contributed by atoms with van der Waals surface area (Å²) in [6.07, 6.45) is 17.5. The maximum absolute atomic E-state index is 14.2. The second-order valence-electron chi connectivity index (χ2n) is 13.2. The van der Waals surface area contributed by atoms with Crippen LogP contribution in [-0.2, 0) is 16.6 Å². The largest absolute Gasteiger partial charge is 0.516 e. The van der Waals surface area contributed by atoms with Gasteiger partial charge in [0, 0.05) is 66.1 Å². The number of para-hydroxylation sites is 2. The Balaban J connectivity index is 1.53. The number of halogens is 3. The van der Waals surface area contributed by atoms with E-state index in [1.165, 1.54) is 0 Å². The highest BCUT2D eigenvalue weighted by molar-refractivity contribution is 7.90. The van der Waals surface area contributed by atoms with Crippen LogP contribution in [0.15, 0.2) is 121 Å². The number of allylic oxidation sites excluding steroid dienone is 6. The average molecular weight is 725 g/mol. The van der Waals surface area contributed by atoms with Gasteiger partial charge in [-0.1, -0.05) is 99.9 Å². The fourth-order valence-electron chi connectivity index (χ4n) is 7.03. The van der Waals surface area contributed by atoms with E-state index in [-0.39, 0.29) is 5.70 Å². The molecule has 2 heterocycles. The predicted octanol–water partition coefficient (Wildman–Crippen LogP) is 10.5. The SMILES string of the molecule is CCCCCN1C(=CC=C2C(N(C)S(=O)(=O)C(F)(F)F)=C(C=Cc3ccc4ccccc4[n+]3CCCCC)c3ccccc32)C=Cc2ccccc21. The van der Waals surface area contributed by atoms with Crippen molar-refractivity contribution in [1.29, 1.82) is 0 Å². The van der Waals surface area contributed by atoms with Gasteiger partial charge in [-0.2, -0.15) is 26.2 Å². The Kier molecular flexibility index (Phi) is 11.2. The maximum atomic E-state index is 14.2. The first-order valence-electron chi connectivity index (χ1n) is 18.0. The number of unbranched alkanes of at least 4 members (excludes halogenated alkanes) is 4. The predicted molar refractivity (Wildman–Crippen MR) is 207 cm³/mol. The van der Waals surface area contributed by atoms with E-state index in [1.807, 2.05) is 85.0 Å². The number of likely N-dealkylation sites (N-methyl/N-ethyl adjacent to an activating group) is 1. The van der Waals surface area contributed by atoms with Gasteiger partial charge in [-0.05, 0) is 66.0 Å². The van der Waals surface area contributed by atoms with E-state index in [0.717, 1.165) is 92.2 Å². The van der Waals surface area contributed by atoms with Crippen LogP contribution in [0.1, 0.15) is 74.8 Å². The van der Waals surface area contributed by atoms with Gasteiger partial charge in [0.2, 0.25) is 11.2 Å². The number of hydrogen-bond acceptors (Lipinski definition) is 3. The zero-order valence-electron chi connectivity index (χ0n) is 29.9. The molecule has 0 radical (unpaired) electrons. The van der Waals surface area contributed by atoms with E-state index < -0.39 is 15.5 Å². The number of fused-ring (bicyclic) bond motifs is 3. The summed E-state index contributed by atoms with van der Waals surface area (Å²) in [5.74, 6) is 0. The van der Waals surface area contributed by atoms with Crippen LogP contribution in [-0.4, -0.2) is 31.8 Å². The third-order valence-electron chi connectivity index (χ3n) is 9.74. The van der Waals surface area contributed by atoms with Gasteiger partial charge >= 0.3 is 15.5 Å². The van der Waals surface area contributed by atoms with Gasteiger partial charge in [0.25, 0.3) is 0 Å². The molecule has 0 saturated carbocycles. The fraction of sp³-hybridized carbons (Fsp3) is 0.279. The summed E-state index contributed by atoms with van der Waals surface area (Å²) in [5.41, 5.74) is 1.52. The lowest BCUT2D eigenvalue weighted by atomic mass is 10.0. The first-order valence-corrected chi connectivity index (χ1v) is 19.5. The molecule has 1 aliphatic carbocycles. The molecule has 52 heavy (non-hydrogen) atoms. The number of nitrogens with zero attached hydrogens (tertiary/aromatic N) is 3. The number of sulfonamides is 1. The number of aryl methyl sites for hydroxylation is 1. The summed E-state index contributed by atoms with van der Waals surface area (Å²) in [7, 11) is -4.74. The number of pyridine rings is 1. The van der Waals surface area contributed by atoms with Gasteiger partial charge in [0.15, 0.2) is 0 Å². The van der Waals surface area contributed by atoms with Crippen molar-refractivity contribution >= 4 is 49.9 Å². The molecule has 0 unspecified atom stereocenters. The summed E-state index contributed by atoms with van der Waals surface area (Å²) in [5, 5.41) is 1.08. The molecular weight excluding hydrogens is 680 g/mol. The van der Waals surface area contributed by atoms with Crippen molar-refractivity contribution < 1.29 is 26.2 Å². The molecule has 0 fully saturated rings. The lowest BCUT2D eigenvalue weighted by Crippen LogP contribution is -2.38. The van der Waals surface area contributed by atoms with E-state index in [4.69, 9.17) is 0 Å². The Labute approximate surface area is 305 Å². The van der Waals surface area contributed by atoms with Gasteiger partial charge in [-0.25, -0.2) is 0 Å². The van der Waals surface area contributed by atoms with E-state index >= 15 is 0 Å². The summed E-state index contributed by atoms with van der Waals surface area (Å²) < 4.78 is 71.5. The monoisotopic (exact) mass is 724 g/mol. The van der Waals surface area contributed by atoms with Crippen molar-refractivity contribution in [2.24, 2.45) is 0 Å². The van der Waals surface area contributed by atoms with Crippen molar-refractivity contribution in [2.45, 2.75) is 64.4 Å². The molecule has 4 aromatic rings. The number of benzene rings is 3. The third-order valence-corrected chi connectivity index (χ3v) is 11.2. The topological polar surface area (TPSA) is 44.5 Å². The zero-order chi connectivity index (χ0) is 36.9. The molecule has 0 saturated heterocycles. The number of rotatable bonds is 13. The molecule has 6 rings (SSSR count). The van der Waals surface area contributed by atoms with Crippen LogP contribution in [0.3, 0.4) is 0 Å². The van der Waals surface area contributed by atoms with Crippen LogP contribution in [0.2, 0.25) is 0 Å². The molecule has 0 amide bonds. The molecular formula is C43H45F3N3O2S+. The minimum absolute atomic E-state index is 0.0253. The highest BCUT2D eigenvalue weighted by atomic mass is 32.2. The Hall–Kier alpha value is -4.89. The minimum Gasteiger partial charge on any atom is -0.341 e. The van der Waals surface area contributed by atoms with Crippen LogP contribution in [0.5, 0.6) is 0 Å². The van der Waals surface area contributed by atoms with Gasteiger partial charge in [-0.15, -0.1) is 0 Å². The fourth-order valence-corrected chi connectivity index (χ4v) is 7.78. The number of alkyl halides is 3. The van der Waals surface area contributed by atoms with Gasteiger partial charge in [0.1, 0.15) is 6.54 Å². The van der Waals surface area contributed by atoms with Crippen molar-refractivity contribution in [3.63, 3.8) is 0 Å². The van der Waals surface area contributed by atoms with E-state index in [2.05, 4.69) is 47.6 Å². The molecule has 1 aromatic heterocycles. The van der Waals surface area contributed by atoms with E-state index in [0.29, 0.717) is 26.6 Å². The van der Waals surface area contributed by atoms with E-state index in [1.54, 1.807) is 12.2 Å². The quantitative estimate of drug-likeness (QED) is 0.102. The molecule has 270 valence electrons. The number of aromatic nitrogens is 1. The van der Waals surface area contributed by atoms with E-state index in [9.17, 15) is 21.6 Å². The highest BCUT2D eigenvalue weighted by Crippen LogP contribution is 2.46. The van der Waals surface area contributed by atoms with Crippen LogP contribution in [0, 0.1) is 0 Å². The first-order chi connectivity index (χ1) is 25.1. The Morgan fingerprint density at radius 2 is 1.46 bits per heavy atom. The van der Waals surface area contributed by atoms with Crippen LogP contribution in [0.4, 0.5) is 18.9 Å². The summed E-state index contributed by atoms with van der Waals surface area (Å²) in [4.78, 5) is 2.22. The normalized spacial score (nSPS) is 16.1. The Morgan fingerprint density at radius 1 is 0.769 bits per heavy atom.